The van der Waals surface area contributed by atoms with Crippen molar-refractivity contribution in [3.63, 3.8) is 0 Å². The third-order valence-electron chi connectivity index (χ3n) is 5.92. The number of carbonyl (C=O) groups excluding carboxylic acids is 2. The van der Waals surface area contributed by atoms with Gasteiger partial charge < -0.3 is 20.3 Å². The third kappa shape index (κ3) is 3.18. The van der Waals surface area contributed by atoms with E-state index in [4.69, 9.17) is 4.74 Å². The van der Waals surface area contributed by atoms with Gasteiger partial charge in [0.15, 0.2) is 0 Å². The molecule has 2 N–H and O–H groups in total. The van der Waals surface area contributed by atoms with E-state index in [0.717, 1.165) is 32.1 Å². The summed E-state index contributed by atoms with van der Waals surface area (Å²) in [7, 11) is 0. The van der Waals surface area contributed by atoms with Gasteiger partial charge in [0.2, 0.25) is 5.91 Å². The Morgan fingerprint density at radius 2 is 1.61 bits per heavy atom. The number of hydrogen-bond donors (Lipinski definition) is 2. The predicted octanol–water partition coefficient (Wildman–Crippen LogP) is 1.40. The summed E-state index contributed by atoms with van der Waals surface area (Å²) in [5, 5.41) is 6.28. The van der Waals surface area contributed by atoms with E-state index in [9.17, 15) is 9.59 Å². The molecule has 0 unspecified atom stereocenters. The van der Waals surface area contributed by atoms with Gasteiger partial charge in [-0.15, -0.1) is 0 Å². The number of fused-ring (bicyclic) bond motifs is 2. The Balaban J connectivity index is 1.32. The van der Waals surface area contributed by atoms with Gasteiger partial charge in [0.25, 0.3) is 0 Å². The molecule has 2 saturated carbocycles. The van der Waals surface area contributed by atoms with Crippen LogP contribution in [0.4, 0.5) is 4.79 Å². The van der Waals surface area contributed by atoms with Crippen molar-refractivity contribution in [2.24, 2.45) is 5.92 Å². The van der Waals surface area contributed by atoms with E-state index in [0.29, 0.717) is 25.2 Å². The molecule has 6 heteroatoms. The maximum atomic E-state index is 12.4. The number of likely N-dealkylation sites (tertiary alicyclic amines) is 1. The van der Waals surface area contributed by atoms with Crippen molar-refractivity contribution in [2.75, 3.05) is 13.1 Å². The first-order valence-electron chi connectivity index (χ1n) is 9.20. The minimum atomic E-state index is -0.136. The number of carbonyl (C=O) groups is 2. The highest BCUT2D eigenvalue weighted by Gasteiger charge is 2.46. The molecule has 3 atom stereocenters. The summed E-state index contributed by atoms with van der Waals surface area (Å²) in [5.41, 5.74) is 0. The van der Waals surface area contributed by atoms with E-state index >= 15 is 0 Å². The maximum Gasteiger partial charge on any atom is 0.317 e. The van der Waals surface area contributed by atoms with Gasteiger partial charge in [-0.25, -0.2) is 4.79 Å². The number of morpholine rings is 1. The molecule has 4 aliphatic rings. The number of amides is 3. The molecule has 4 rings (SSSR count). The number of nitrogens with zero attached hydrogens (tertiary/aromatic N) is 1. The second-order valence-electron chi connectivity index (χ2n) is 7.61. The zero-order valence-corrected chi connectivity index (χ0v) is 13.6. The van der Waals surface area contributed by atoms with Crippen LogP contribution in [-0.2, 0) is 9.53 Å². The van der Waals surface area contributed by atoms with Gasteiger partial charge in [0.1, 0.15) is 0 Å². The van der Waals surface area contributed by atoms with E-state index in [-0.39, 0.29) is 30.1 Å². The molecule has 4 fully saturated rings. The molecule has 0 aromatic carbocycles. The summed E-state index contributed by atoms with van der Waals surface area (Å²) >= 11 is 0. The summed E-state index contributed by atoms with van der Waals surface area (Å²) in [6, 6.07) is 0.723. The van der Waals surface area contributed by atoms with Crippen molar-refractivity contribution in [1.82, 2.24) is 15.5 Å². The first-order valence-corrected chi connectivity index (χ1v) is 9.20. The molecule has 3 amide bonds. The van der Waals surface area contributed by atoms with Gasteiger partial charge in [-0.3, -0.25) is 4.79 Å². The van der Waals surface area contributed by atoms with Crippen LogP contribution < -0.4 is 10.6 Å². The lowest BCUT2D eigenvalue weighted by Gasteiger charge is -2.34. The van der Waals surface area contributed by atoms with Crippen molar-refractivity contribution in [3.8, 4) is 0 Å². The normalized spacial score (nSPS) is 34.3. The number of rotatable bonds is 3. The Labute approximate surface area is 137 Å². The first-order chi connectivity index (χ1) is 11.2. The van der Waals surface area contributed by atoms with Gasteiger partial charge in [0, 0.05) is 25.2 Å². The molecule has 128 valence electrons. The average Bonchev–Trinajstić information content (AvgIpc) is 3.10. The molecule has 2 heterocycles. The fourth-order valence-corrected chi connectivity index (χ4v) is 4.30. The molecular weight excluding hydrogens is 294 g/mol. The second-order valence-corrected chi connectivity index (χ2v) is 7.61. The van der Waals surface area contributed by atoms with Crippen LogP contribution in [0.2, 0.25) is 0 Å². The van der Waals surface area contributed by atoms with Crippen LogP contribution in [0.5, 0.6) is 0 Å². The van der Waals surface area contributed by atoms with E-state index in [1.807, 2.05) is 4.90 Å². The largest absolute Gasteiger partial charge is 0.370 e. The lowest BCUT2D eigenvalue weighted by molar-refractivity contribution is -0.128. The monoisotopic (exact) mass is 321 g/mol. The second kappa shape index (κ2) is 6.30. The number of ether oxygens (including phenoxy) is 1. The Bertz CT molecular complexity index is 474. The van der Waals surface area contributed by atoms with E-state index in [1.165, 1.54) is 19.3 Å². The molecule has 2 bridgehead atoms. The van der Waals surface area contributed by atoms with E-state index in [2.05, 4.69) is 10.6 Å². The third-order valence-corrected chi connectivity index (χ3v) is 5.92. The maximum absolute atomic E-state index is 12.4. The lowest BCUT2D eigenvalue weighted by Crippen LogP contribution is -2.53. The van der Waals surface area contributed by atoms with E-state index < -0.39 is 0 Å². The molecular formula is C17H27N3O3. The van der Waals surface area contributed by atoms with E-state index in [1.54, 1.807) is 0 Å². The topological polar surface area (TPSA) is 70.7 Å². The number of hydrogen-bond acceptors (Lipinski definition) is 3. The standard InChI is InChI=1S/C17H27N3O3/c21-16(18-11-6-3-7-11)14-8-13-9-20(10-15(14)23-13)17(22)19-12-4-1-2-5-12/h11-15H,1-10H2,(H,18,21)(H,19,22)/t13-,14+,15-/m0/s1. The molecule has 0 spiro atoms. The van der Waals surface area contributed by atoms with Gasteiger partial charge in [-0.2, -0.15) is 0 Å². The van der Waals surface area contributed by atoms with Crippen molar-refractivity contribution in [2.45, 2.75) is 75.7 Å². The van der Waals surface area contributed by atoms with Crippen LogP contribution in [0.15, 0.2) is 0 Å². The van der Waals surface area contributed by atoms with Gasteiger partial charge >= 0.3 is 6.03 Å². The van der Waals surface area contributed by atoms with Gasteiger partial charge in [0.05, 0.1) is 18.1 Å². The Hall–Kier alpha value is -1.30. The zero-order chi connectivity index (χ0) is 15.8. The van der Waals surface area contributed by atoms with Crippen molar-refractivity contribution < 1.29 is 14.3 Å². The molecule has 0 aromatic rings. The van der Waals surface area contributed by atoms with Crippen molar-refractivity contribution in [3.05, 3.63) is 0 Å². The molecule has 23 heavy (non-hydrogen) atoms. The van der Waals surface area contributed by atoms with Crippen LogP contribution in [0, 0.1) is 5.92 Å². The van der Waals surface area contributed by atoms with Crippen LogP contribution in [0.3, 0.4) is 0 Å². The van der Waals surface area contributed by atoms with Crippen molar-refractivity contribution >= 4 is 11.9 Å². The highest BCUT2D eigenvalue weighted by atomic mass is 16.5. The summed E-state index contributed by atoms with van der Waals surface area (Å²) in [6.07, 6.45) is 8.65. The highest BCUT2D eigenvalue weighted by Crippen LogP contribution is 2.33. The van der Waals surface area contributed by atoms with Crippen LogP contribution in [0.1, 0.15) is 51.4 Å². The summed E-state index contributed by atoms with van der Waals surface area (Å²) < 4.78 is 5.93. The summed E-state index contributed by atoms with van der Waals surface area (Å²) in [4.78, 5) is 26.7. The minimum absolute atomic E-state index is 0.0141. The minimum Gasteiger partial charge on any atom is -0.370 e. The highest BCUT2D eigenvalue weighted by molar-refractivity contribution is 5.80. The molecule has 0 radical (unpaired) electrons. The summed E-state index contributed by atoms with van der Waals surface area (Å²) in [6.45, 7) is 1.15. The number of nitrogens with one attached hydrogen (secondary N) is 2. The van der Waals surface area contributed by atoms with Gasteiger partial charge in [-0.1, -0.05) is 12.8 Å². The van der Waals surface area contributed by atoms with Crippen molar-refractivity contribution in [1.29, 1.82) is 0 Å². The fraction of sp³-hybridized carbons (Fsp3) is 0.882. The summed E-state index contributed by atoms with van der Waals surface area (Å²) in [5.74, 6) is 0.0325. The molecule has 2 saturated heterocycles. The molecule has 6 nitrogen and oxygen atoms in total. The fourth-order valence-electron chi connectivity index (χ4n) is 4.30. The molecule has 2 aliphatic heterocycles. The lowest BCUT2D eigenvalue weighted by atomic mass is 9.91. The Kier molecular flexibility index (Phi) is 4.18. The SMILES string of the molecule is O=C(NC1CCC1)[C@@H]1C[C@H]2CN(C(=O)NC3CCCC3)C[C@@H]1O2. The predicted molar refractivity (Wildman–Crippen MR) is 84.9 cm³/mol. The molecule has 2 aliphatic carbocycles. The van der Waals surface area contributed by atoms with Crippen LogP contribution >= 0.6 is 0 Å². The number of urea groups is 1. The Morgan fingerprint density at radius 1 is 0.913 bits per heavy atom. The first kappa shape index (κ1) is 15.2. The van der Waals surface area contributed by atoms with Gasteiger partial charge in [-0.05, 0) is 38.5 Å². The zero-order valence-electron chi connectivity index (χ0n) is 13.6. The average molecular weight is 321 g/mol. The van der Waals surface area contributed by atoms with Crippen LogP contribution in [-0.4, -0.2) is 54.2 Å². The Morgan fingerprint density at radius 3 is 2.30 bits per heavy atom. The molecule has 0 aromatic heterocycles. The smallest absolute Gasteiger partial charge is 0.317 e. The quantitative estimate of drug-likeness (QED) is 0.825. The van der Waals surface area contributed by atoms with Crippen LogP contribution in [0.25, 0.3) is 0 Å².